The van der Waals surface area contributed by atoms with Gasteiger partial charge in [-0.15, -0.1) is 0 Å². The molecular formula is C24H27ClFN7OS. The first kappa shape index (κ1) is 23.9. The lowest BCUT2D eigenvalue weighted by Crippen LogP contribution is -2.44. The fourth-order valence-electron chi connectivity index (χ4n) is 4.48. The second-order valence-electron chi connectivity index (χ2n) is 8.91. The van der Waals surface area contributed by atoms with Gasteiger partial charge in [-0.3, -0.25) is 0 Å². The summed E-state index contributed by atoms with van der Waals surface area (Å²) < 4.78 is 23.2. The summed E-state index contributed by atoms with van der Waals surface area (Å²) in [7, 11) is 3.93. The van der Waals surface area contributed by atoms with Gasteiger partial charge in [0, 0.05) is 49.2 Å². The molecule has 0 amide bonds. The molecule has 0 saturated carbocycles. The van der Waals surface area contributed by atoms with Crippen LogP contribution in [0.1, 0.15) is 6.92 Å². The van der Waals surface area contributed by atoms with Crippen LogP contribution in [0.3, 0.4) is 0 Å². The van der Waals surface area contributed by atoms with Crippen molar-refractivity contribution >= 4 is 55.0 Å². The smallest absolute Gasteiger partial charge is 0.319 e. The zero-order valence-corrected chi connectivity index (χ0v) is 21.4. The first-order chi connectivity index (χ1) is 16.8. The Morgan fingerprint density at radius 2 is 2.00 bits per heavy atom. The standard InChI is InChI=1S/C24H27ClFN7OS/c1-13(12-32(2)3)34-24-30-21-15(22(31-24)33-9-7-28-8-10-33)11-16(25)18(19(21)26)14-5-4-6-17-20(14)29-23(27)35-17/h4-6,11,13,28H,7-10,12H2,1-3H3,(H2,27,29)/t13-/m0/s1. The highest BCUT2D eigenvalue weighted by Gasteiger charge is 2.25. The number of hydrogen-bond acceptors (Lipinski definition) is 9. The van der Waals surface area contributed by atoms with E-state index in [0.717, 1.165) is 30.9 Å². The Labute approximate surface area is 211 Å². The van der Waals surface area contributed by atoms with Crippen LogP contribution in [0, 0.1) is 5.82 Å². The molecule has 4 aromatic rings. The van der Waals surface area contributed by atoms with Crippen LogP contribution in [-0.4, -0.2) is 72.8 Å². The maximum Gasteiger partial charge on any atom is 0.319 e. The largest absolute Gasteiger partial charge is 0.459 e. The zero-order valence-electron chi connectivity index (χ0n) is 19.8. The SMILES string of the molecule is C[C@@H](CN(C)C)Oc1nc(N2CCNCC2)c2cc(Cl)c(-c3cccc4sc(N)nc34)c(F)c2n1. The van der Waals surface area contributed by atoms with E-state index in [0.29, 0.717) is 34.0 Å². The maximum absolute atomic E-state index is 16.3. The van der Waals surface area contributed by atoms with Gasteiger partial charge in [0.05, 0.1) is 15.2 Å². The highest BCUT2D eigenvalue weighted by Crippen LogP contribution is 2.42. The first-order valence-electron chi connectivity index (χ1n) is 11.4. The summed E-state index contributed by atoms with van der Waals surface area (Å²) in [5.41, 5.74) is 7.53. The maximum atomic E-state index is 16.3. The third-order valence-electron chi connectivity index (χ3n) is 5.89. The van der Waals surface area contributed by atoms with E-state index in [1.165, 1.54) is 11.3 Å². The molecule has 11 heteroatoms. The third kappa shape index (κ3) is 4.71. The summed E-state index contributed by atoms with van der Waals surface area (Å²) in [6.07, 6.45) is -0.181. The van der Waals surface area contributed by atoms with Crippen LogP contribution in [0.2, 0.25) is 5.02 Å². The van der Waals surface area contributed by atoms with E-state index < -0.39 is 5.82 Å². The summed E-state index contributed by atoms with van der Waals surface area (Å²) in [6.45, 7) is 5.69. The predicted molar refractivity (Wildman–Crippen MR) is 141 cm³/mol. The summed E-state index contributed by atoms with van der Waals surface area (Å²) in [5.74, 6) is 0.0856. The van der Waals surface area contributed by atoms with Gasteiger partial charge >= 0.3 is 6.01 Å². The van der Waals surface area contributed by atoms with Crippen LogP contribution in [0.5, 0.6) is 6.01 Å². The van der Waals surface area contributed by atoms with Gasteiger partial charge in [-0.1, -0.05) is 35.1 Å². The molecule has 8 nitrogen and oxygen atoms in total. The number of likely N-dealkylation sites (N-methyl/N-ethyl adjacent to an activating group) is 1. The van der Waals surface area contributed by atoms with Crippen molar-refractivity contribution in [3.05, 3.63) is 35.1 Å². The van der Waals surface area contributed by atoms with Gasteiger partial charge in [0.15, 0.2) is 10.9 Å². The number of anilines is 2. The van der Waals surface area contributed by atoms with Crippen LogP contribution in [0.4, 0.5) is 15.3 Å². The van der Waals surface area contributed by atoms with Crippen molar-refractivity contribution in [3.63, 3.8) is 0 Å². The molecule has 35 heavy (non-hydrogen) atoms. The summed E-state index contributed by atoms with van der Waals surface area (Å²) in [5, 5.41) is 4.57. The highest BCUT2D eigenvalue weighted by atomic mass is 35.5. The van der Waals surface area contributed by atoms with Gasteiger partial charge in [-0.05, 0) is 33.2 Å². The molecule has 3 N–H and O–H groups in total. The molecule has 184 valence electrons. The van der Waals surface area contributed by atoms with E-state index >= 15 is 4.39 Å². The van der Waals surface area contributed by atoms with Gasteiger partial charge in [0.2, 0.25) is 0 Å². The Morgan fingerprint density at radius 1 is 1.23 bits per heavy atom. The van der Waals surface area contributed by atoms with E-state index in [1.54, 1.807) is 12.1 Å². The lowest BCUT2D eigenvalue weighted by Gasteiger charge is -2.30. The number of rotatable bonds is 6. The second-order valence-corrected chi connectivity index (χ2v) is 10.4. The monoisotopic (exact) mass is 515 g/mol. The molecule has 0 radical (unpaired) electrons. The molecule has 5 rings (SSSR count). The summed E-state index contributed by atoms with van der Waals surface area (Å²) in [4.78, 5) is 17.8. The fraction of sp³-hybridized carbons (Fsp3) is 0.375. The van der Waals surface area contributed by atoms with Gasteiger partial charge < -0.3 is 25.6 Å². The van der Waals surface area contributed by atoms with Crippen LogP contribution in [0.15, 0.2) is 24.3 Å². The van der Waals surface area contributed by atoms with Crippen molar-refractivity contribution in [2.45, 2.75) is 13.0 Å². The quantitative estimate of drug-likeness (QED) is 0.398. The number of nitrogens with one attached hydrogen (secondary N) is 1. The molecule has 1 aliphatic heterocycles. The topological polar surface area (TPSA) is 92.4 Å². The number of halogens is 2. The van der Waals surface area contributed by atoms with E-state index in [1.807, 2.05) is 38.1 Å². The number of fused-ring (bicyclic) bond motifs is 2. The Balaban J connectivity index is 1.71. The molecule has 3 heterocycles. The minimum atomic E-state index is -0.532. The Hall–Kier alpha value is -2.79. The number of aromatic nitrogens is 3. The fourth-order valence-corrected chi connectivity index (χ4v) is 5.53. The Bertz CT molecular complexity index is 1390. The van der Waals surface area contributed by atoms with Crippen LogP contribution in [-0.2, 0) is 0 Å². The molecule has 1 saturated heterocycles. The van der Waals surface area contributed by atoms with Crippen molar-refractivity contribution in [2.24, 2.45) is 0 Å². The van der Waals surface area contributed by atoms with Crippen LogP contribution >= 0.6 is 22.9 Å². The lowest BCUT2D eigenvalue weighted by molar-refractivity contribution is 0.164. The minimum Gasteiger partial charge on any atom is -0.459 e. The lowest BCUT2D eigenvalue weighted by atomic mass is 10.0. The minimum absolute atomic E-state index is 0.142. The Kier molecular flexibility index (Phi) is 6.63. The van der Waals surface area contributed by atoms with Gasteiger partial charge in [0.25, 0.3) is 0 Å². The number of nitrogens with zero attached hydrogens (tertiary/aromatic N) is 5. The number of ether oxygens (including phenoxy) is 1. The highest BCUT2D eigenvalue weighted by molar-refractivity contribution is 7.22. The number of para-hydroxylation sites is 1. The van der Waals surface area contributed by atoms with Gasteiger partial charge in [0.1, 0.15) is 17.4 Å². The van der Waals surface area contributed by atoms with Crippen molar-refractivity contribution in [1.82, 2.24) is 25.2 Å². The molecule has 0 bridgehead atoms. The average molecular weight is 516 g/mol. The van der Waals surface area contributed by atoms with E-state index in [4.69, 9.17) is 27.1 Å². The second kappa shape index (κ2) is 9.69. The molecule has 1 atom stereocenters. The van der Waals surface area contributed by atoms with E-state index in [2.05, 4.69) is 20.2 Å². The number of benzene rings is 2. The molecular weight excluding hydrogens is 489 g/mol. The van der Waals surface area contributed by atoms with Crippen molar-refractivity contribution < 1.29 is 9.13 Å². The zero-order chi connectivity index (χ0) is 24.7. The average Bonchev–Trinajstić information content (AvgIpc) is 3.20. The van der Waals surface area contributed by atoms with Crippen molar-refractivity contribution in [2.75, 3.05) is 57.5 Å². The normalized spacial score (nSPS) is 15.3. The third-order valence-corrected chi connectivity index (χ3v) is 7.04. The summed E-state index contributed by atoms with van der Waals surface area (Å²) >= 11 is 8.07. The van der Waals surface area contributed by atoms with Gasteiger partial charge in [-0.2, -0.15) is 9.97 Å². The first-order valence-corrected chi connectivity index (χ1v) is 12.6. The molecule has 2 aromatic carbocycles. The number of piperazine rings is 1. The van der Waals surface area contributed by atoms with Crippen molar-refractivity contribution in [3.8, 4) is 17.1 Å². The Morgan fingerprint density at radius 3 is 2.74 bits per heavy atom. The molecule has 0 aliphatic carbocycles. The van der Waals surface area contributed by atoms with Crippen molar-refractivity contribution in [1.29, 1.82) is 0 Å². The van der Waals surface area contributed by atoms with Crippen LogP contribution < -0.4 is 20.7 Å². The molecule has 0 unspecified atom stereocenters. The predicted octanol–water partition coefficient (Wildman–Crippen LogP) is 4.02. The van der Waals surface area contributed by atoms with E-state index in [-0.39, 0.29) is 28.2 Å². The molecule has 1 aliphatic rings. The molecule has 0 spiro atoms. The van der Waals surface area contributed by atoms with E-state index in [9.17, 15) is 0 Å². The molecule has 2 aromatic heterocycles. The number of thiazole rings is 1. The van der Waals surface area contributed by atoms with Crippen LogP contribution in [0.25, 0.3) is 32.2 Å². The molecule has 1 fully saturated rings. The number of nitrogens with two attached hydrogens (primary N) is 1. The number of nitrogen functional groups attached to an aromatic ring is 1. The van der Waals surface area contributed by atoms with Gasteiger partial charge in [-0.25, -0.2) is 9.37 Å². The number of hydrogen-bond donors (Lipinski definition) is 2. The summed E-state index contributed by atoms with van der Waals surface area (Å²) in [6, 6.07) is 7.44.